The molecule has 26 heavy (non-hydrogen) atoms. The summed E-state index contributed by atoms with van der Waals surface area (Å²) in [7, 11) is -0.211. The summed E-state index contributed by atoms with van der Waals surface area (Å²) in [6.45, 7) is 2.90. The van der Waals surface area contributed by atoms with Crippen molar-refractivity contribution in [1.29, 1.82) is 0 Å². The fourth-order valence-electron chi connectivity index (χ4n) is 2.73. The third-order valence-electron chi connectivity index (χ3n) is 4.11. The third kappa shape index (κ3) is 3.51. The number of fused-ring (bicyclic) bond motifs is 1. The van der Waals surface area contributed by atoms with Gasteiger partial charge >= 0.3 is 0 Å². The monoisotopic (exact) mass is 375 g/mol. The Morgan fingerprint density at radius 2 is 1.92 bits per heavy atom. The molecule has 0 saturated heterocycles. The molecule has 1 amide bonds. The lowest BCUT2D eigenvalue weighted by molar-refractivity contribution is 0.0827. The summed E-state index contributed by atoms with van der Waals surface area (Å²) in [5.41, 5.74) is 1.15. The van der Waals surface area contributed by atoms with Crippen molar-refractivity contribution in [3.05, 3.63) is 48.0 Å². The molecule has 1 N–H and O–H groups in total. The molecular formula is C18H21N3O4S. The van der Waals surface area contributed by atoms with Crippen molar-refractivity contribution in [2.75, 3.05) is 32.2 Å². The van der Waals surface area contributed by atoms with E-state index >= 15 is 0 Å². The van der Waals surface area contributed by atoms with Crippen LogP contribution in [0.5, 0.6) is 11.5 Å². The van der Waals surface area contributed by atoms with Crippen LogP contribution in [0.25, 0.3) is 0 Å². The van der Waals surface area contributed by atoms with E-state index in [-0.39, 0.29) is 17.5 Å². The molecule has 138 valence electrons. The molecule has 3 rings (SSSR count). The van der Waals surface area contributed by atoms with E-state index in [4.69, 9.17) is 4.74 Å². The van der Waals surface area contributed by atoms with Gasteiger partial charge in [-0.05, 0) is 37.3 Å². The maximum Gasteiger partial charge on any atom is 0.253 e. The Labute approximate surface area is 153 Å². The number of hydrogen-bond donors (Lipinski definition) is 1. The number of carbonyl (C=O) groups is 1. The van der Waals surface area contributed by atoms with Crippen LogP contribution in [0.15, 0.2) is 47.4 Å². The standard InChI is InChI=1S/C18H21N3O4S/c1-4-21-12-19-26(23,24)17-11-15(8-9-16(17)21)25-14-7-5-6-13(10-14)18(22)20(2)3/h5-11,19H,4,12H2,1-3H3. The van der Waals surface area contributed by atoms with Crippen LogP contribution in [0.3, 0.4) is 0 Å². The Kier molecular flexibility index (Phi) is 4.88. The predicted molar refractivity (Wildman–Crippen MR) is 99.2 cm³/mol. The summed E-state index contributed by atoms with van der Waals surface area (Å²) in [5.74, 6) is 0.721. The molecular weight excluding hydrogens is 354 g/mol. The summed E-state index contributed by atoms with van der Waals surface area (Å²) in [4.78, 5) is 15.7. The van der Waals surface area contributed by atoms with E-state index < -0.39 is 10.0 Å². The SMILES string of the molecule is CCN1CNS(=O)(=O)c2cc(Oc3cccc(C(=O)N(C)C)c3)ccc21. The lowest BCUT2D eigenvalue weighted by atomic mass is 10.2. The van der Waals surface area contributed by atoms with Crippen LogP contribution in [0.4, 0.5) is 5.69 Å². The molecule has 1 heterocycles. The Morgan fingerprint density at radius 3 is 2.62 bits per heavy atom. The number of anilines is 1. The van der Waals surface area contributed by atoms with Gasteiger partial charge in [-0.25, -0.2) is 8.42 Å². The van der Waals surface area contributed by atoms with Crippen LogP contribution in [0.2, 0.25) is 0 Å². The van der Waals surface area contributed by atoms with E-state index in [1.807, 2.05) is 11.8 Å². The van der Waals surface area contributed by atoms with Gasteiger partial charge in [0.15, 0.2) is 0 Å². The Bertz CT molecular complexity index is 941. The quantitative estimate of drug-likeness (QED) is 0.887. The second-order valence-corrected chi connectivity index (χ2v) is 7.86. The molecule has 7 nitrogen and oxygen atoms in total. The van der Waals surface area contributed by atoms with Gasteiger partial charge in [-0.3, -0.25) is 4.79 Å². The lowest BCUT2D eigenvalue weighted by Gasteiger charge is -2.30. The van der Waals surface area contributed by atoms with E-state index in [9.17, 15) is 13.2 Å². The molecule has 1 aliphatic heterocycles. The molecule has 0 aromatic heterocycles. The molecule has 0 aliphatic carbocycles. The lowest BCUT2D eigenvalue weighted by Crippen LogP contribution is -2.42. The molecule has 2 aromatic carbocycles. The second kappa shape index (κ2) is 6.97. The number of carbonyl (C=O) groups excluding carboxylic acids is 1. The molecule has 0 unspecified atom stereocenters. The van der Waals surface area contributed by atoms with Gasteiger partial charge in [0, 0.05) is 32.3 Å². The number of sulfonamides is 1. The second-order valence-electron chi connectivity index (χ2n) is 6.12. The van der Waals surface area contributed by atoms with Crippen molar-refractivity contribution in [2.45, 2.75) is 11.8 Å². The molecule has 0 spiro atoms. The number of nitrogens with one attached hydrogen (secondary N) is 1. The van der Waals surface area contributed by atoms with Crippen molar-refractivity contribution in [2.24, 2.45) is 0 Å². The highest BCUT2D eigenvalue weighted by Gasteiger charge is 2.27. The highest BCUT2D eigenvalue weighted by molar-refractivity contribution is 7.89. The van der Waals surface area contributed by atoms with Gasteiger partial charge in [-0.2, -0.15) is 4.72 Å². The summed E-state index contributed by atoms with van der Waals surface area (Å²) < 4.78 is 33.0. The van der Waals surface area contributed by atoms with Crippen molar-refractivity contribution < 1.29 is 17.9 Å². The van der Waals surface area contributed by atoms with E-state index in [0.717, 1.165) is 0 Å². The zero-order chi connectivity index (χ0) is 18.9. The number of ether oxygens (including phenoxy) is 1. The van der Waals surface area contributed by atoms with Gasteiger partial charge in [-0.1, -0.05) is 6.07 Å². The summed E-state index contributed by atoms with van der Waals surface area (Å²) in [6, 6.07) is 11.7. The minimum Gasteiger partial charge on any atom is -0.457 e. The number of rotatable bonds is 4. The Hall–Kier alpha value is -2.58. The first-order valence-electron chi connectivity index (χ1n) is 8.20. The topological polar surface area (TPSA) is 79.0 Å². The van der Waals surface area contributed by atoms with Crippen molar-refractivity contribution in [1.82, 2.24) is 9.62 Å². The highest BCUT2D eigenvalue weighted by Crippen LogP contribution is 2.33. The first-order valence-corrected chi connectivity index (χ1v) is 9.68. The molecule has 0 radical (unpaired) electrons. The molecule has 2 aromatic rings. The van der Waals surface area contributed by atoms with Gasteiger partial charge in [0.2, 0.25) is 10.0 Å². The molecule has 1 aliphatic rings. The molecule has 8 heteroatoms. The number of nitrogens with zero attached hydrogens (tertiary/aromatic N) is 2. The van der Waals surface area contributed by atoms with Crippen LogP contribution in [-0.2, 0) is 10.0 Å². The predicted octanol–water partition coefficient (Wildman–Crippen LogP) is 2.26. The van der Waals surface area contributed by atoms with Crippen molar-refractivity contribution in [3.8, 4) is 11.5 Å². The van der Waals surface area contributed by atoms with Crippen LogP contribution in [-0.4, -0.2) is 46.5 Å². The Morgan fingerprint density at radius 1 is 1.19 bits per heavy atom. The highest BCUT2D eigenvalue weighted by atomic mass is 32.2. The summed E-state index contributed by atoms with van der Waals surface area (Å²) >= 11 is 0. The average Bonchev–Trinajstić information content (AvgIpc) is 2.62. The van der Waals surface area contributed by atoms with Crippen molar-refractivity contribution >= 4 is 21.6 Å². The van der Waals surface area contributed by atoms with Gasteiger partial charge < -0.3 is 14.5 Å². The van der Waals surface area contributed by atoms with E-state index in [0.29, 0.717) is 29.3 Å². The molecule has 0 fully saturated rings. The largest absolute Gasteiger partial charge is 0.457 e. The summed E-state index contributed by atoms with van der Waals surface area (Å²) in [5, 5.41) is 0. The maximum absolute atomic E-state index is 12.3. The number of hydrogen-bond acceptors (Lipinski definition) is 5. The first-order chi connectivity index (χ1) is 12.3. The van der Waals surface area contributed by atoms with Crippen LogP contribution >= 0.6 is 0 Å². The third-order valence-corrected chi connectivity index (χ3v) is 5.53. The smallest absolute Gasteiger partial charge is 0.253 e. The van der Waals surface area contributed by atoms with Gasteiger partial charge in [-0.15, -0.1) is 0 Å². The van der Waals surface area contributed by atoms with Crippen LogP contribution in [0, 0.1) is 0 Å². The fraction of sp³-hybridized carbons (Fsp3) is 0.278. The summed E-state index contributed by atoms with van der Waals surface area (Å²) in [6.07, 6.45) is 0. The van der Waals surface area contributed by atoms with Crippen molar-refractivity contribution in [3.63, 3.8) is 0 Å². The number of amides is 1. The molecule has 0 saturated carbocycles. The van der Waals surface area contributed by atoms with E-state index in [2.05, 4.69) is 4.72 Å². The zero-order valence-corrected chi connectivity index (χ0v) is 15.7. The zero-order valence-electron chi connectivity index (χ0n) is 14.9. The number of benzene rings is 2. The normalized spacial score (nSPS) is 15.3. The van der Waals surface area contributed by atoms with Gasteiger partial charge in [0.05, 0.1) is 12.4 Å². The van der Waals surface area contributed by atoms with E-state index in [1.165, 1.54) is 11.0 Å². The molecule has 0 bridgehead atoms. The minimum atomic E-state index is -3.57. The first kappa shape index (κ1) is 18.2. The fourth-order valence-corrected chi connectivity index (χ4v) is 3.95. The van der Waals surface area contributed by atoms with Gasteiger partial charge in [0.1, 0.15) is 16.4 Å². The van der Waals surface area contributed by atoms with E-state index in [1.54, 1.807) is 50.5 Å². The van der Waals surface area contributed by atoms with Gasteiger partial charge in [0.25, 0.3) is 5.91 Å². The van der Waals surface area contributed by atoms with Crippen LogP contribution < -0.4 is 14.4 Å². The maximum atomic E-state index is 12.3. The minimum absolute atomic E-state index is 0.133. The average molecular weight is 375 g/mol. The molecule has 0 atom stereocenters. The Balaban J connectivity index is 1.93. The van der Waals surface area contributed by atoms with Crippen LogP contribution in [0.1, 0.15) is 17.3 Å².